The fourth-order valence-electron chi connectivity index (χ4n) is 1.30. The van der Waals surface area contributed by atoms with Gasteiger partial charge in [0.25, 0.3) is 0 Å². The molecular weight excluding hydrogens is 306 g/mol. The summed E-state index contributed by atoms with van der Waals surface area (Å²) in [6, 6.07) is 6.72. The number of ketones is 1. The maximum atomic E-state index is 12.3. The molecule has 5 nitrogen and oxygen atoms in total. The monoisotopic (exact) mass is 316 g/mol. The summed E-state index contributed by atoms with van der Waals surface area (Å²) in [6.45, 7) is 0. The number of nitrogens with zero attached hydrogens (tertiary/aromatic N) is 2. The Kier molecular flexibility index (Phi) is 5.98. The molecule has 21 heavy (non-hydrogen) atoms. The summed E-state index contributed by atoms with van der Waals surface area (Å²) in [5.74, 6) is -3.53. The van der Waals surface area contributed by atoms with Crippen LogP contribution in [0.4, 0.5) is 8.78 Å². The van der Waals surface area contributed by atoms with Crippen LogP contribution >= 0.6 is 11.6 Å². The van der Waals surface area contributed by atoms with Crippen LogP contribution < -0.4 is 0 Å². The predicted molar refractivity (Wildman–Crippen MR) is 73.5 cm³/mol. The van der Waals surface area contributed by atoms with Crippen LogP contribution in [-0.2, 0) is 9.59 Å². The highest BCUT2D eigenvalue weighted by Gasteiger charge is 2.26. The Bertz CT molecular complexity index is 603. The van der Waals surface area contributed by atoms with Gasteiger partial charge in [-0.15, -0.1) is 0 Å². The van der Waals surface area contributed by atoms with Crippen LogP contribution in [-0.4, -0.2) is 41.6 Å². The number of rotatable bonds is 6. The number of carbonyl (C=O) groups excluding carboxylic acids is 1. The Labute approximate surface area is 124 Å². The molecule has 0 aliphatic carbocycles. The third kappa shape index (κ3) is 4.96. The third-order valence-electron chi connectivity index (χ3n) is 2.29. The first-order valence-corrected chi connectivity index (χ1v) is 5.99. The lowest BCUT2D eigenvalue weighted by Crippen LogP contribution is -2.21. The van der Waals surface area contributed by atoms with E-state index in [0.717, 1.165) is 5.01 Å². The van der Waals surface area contributed by atoms with Gasteiger partial charge in [-0.05, 0) is 6.07 Å². The molecule has 0 amide bonds. The first-order chi connectivity index (χ1) is 9.82. The van der Waals surface area contributed by atoms with E-state index in [9.17, 15) is 18.4 Å². The van der Waals surface area contributed by atoms with E-state index >= 15 is 0 Å². The van der Waals surface area contributed by atoms with Gasteiger partial charge < -0.3 is 5.11 Å². The Morgan fingerprint density at radius 2 is 2.00 bits per heavy atom. The highest BCUT2D eigenvalue weighted by molar-refractivity contribution is 6.33. The lowest BCUT2D eigenvalue weighted by atomic mass is 10.2. The minimum atomic E-state index is -3.40. The minimum absolute atomic E-state index is 0.417. The molecule has 112 valence electrons. The first-order valence-electron chi connectivity index (χ1n) is 5.61. The topological polar surface area (TPSA) is 70.0 Å². The molecule has 0 saturated carbocycles. The van der Waals surface area contributed by atoms with Crippen molar-refractivity contribution >= 4 is 29.6 Å². The minimum Gasteiger partial charge on any atom is -0.478 e. The lowest BCUT2D eigenvalue weighted by Gasteiger charge is -2.08. The average Bonchev–Trinajstić information content (AvgIpc) is 2.42. The van der Waals surface area contributed by atoms with Crippen LogP contribution in [0.3, 0.4) is 0 Å². The van der Waals surface area contributed by atoms with Gasteiger partial charge in [0.05, 0.1) is 6.21 Å². The second-order valence-corrected chi connectivity index (χ2v) is 4.26. The molecule has 8 heteroatoms. The molecule has 0 bridgehead atoms. The Hall–Kier alpha value is -2.28. The molecule has 0 fully saturated rings. The van der Waals surface area contributed by atoms with E-state index in [1.807, 2.05) is 0 Å². The maximum absolute atomic E-state index is 12.3. The summed E-state index contributed by atoms with van der Waals surface area (Å²) in [7, 11) is 1.30. The van der Waals surface area contributed by atoms with Gasteiger partial charge in [-0.25, -0.2) is 13.6 Å². The molecular formula is C13H11ClF2N2O3. The first kappa shape index (κ1) is 16.8. The van der Waals surface area contributed by atoms with Crippen LogP contribution in [0.5, 0.6) is 0 Å². The van der Waals surface area contributed by atoms with E-state index in [2.05, 4.69) is 5.10 Å². The van der Waals surface area contributed by atoms with Gasteiger partial charge in [-0.3, -0.25) is 9.80 Å². The second-order valence-electron chi connectivity index (χ2n) is 3.85. The molecule has 0 aliphatic heterocycles. The molecule has 0 unspecified atom stereocenters. The van der Waals surface area contributed by atoms with Gasteiger partial charge in [0, 0.05) is 23.8 Å². The number of benzene rings is 1. The smallest absolute Gasteiger partial charge is 0.341 e. The van der Waals surface area contributed by atoms with Gasteiger partial charge in [0.2, 0.25) is 5.78 Å². The standard InChI is InChI=1S/C13H11ClF2N2O3/c1-18(7-9(13(20)21)11(19)12(15)16)17-6-8-4-2-3-5-10(8)14/h2-7,12H,1H3,(H,20,21). The SMILES string of the molecule is CN(C=C(C(=O)O)C(=O)C(F)F)N=Cc1ccccc1Cl. The van der Waals surface area contributed by atoms with Crippen molar-refractivity contribution in [1.82, 2.24) is 5.01 Å². The predicted octanol–water partition coefficient (Wildman–Crippen LogP) is 2.41. The van der Waals surface area contributed by atoms with Crippen molar-refractivity contribution in [3.05, 3.63) is 46.6 Å². The molecule has 1 aromatic carbocycles. The lowest BCUT2D eigenvalue weighted by molar-refractivity contribution is -0.137. The summed E-state index contributed by atoms with van der Waals surface area (Å²) in [6.07, 6.45) is -1.37. The van der Waals surface area contributed by atoms with Crippen molar-refractivity contribution in [1.29, 1.82) is 0 Å². The zero-order chi connectivity index (χ0) is 16.0. The van der Waals surface area contributed by atoms with Crippen molar-refractivity contribution in [3.8, 4) is 0 Å². The van der Waals surface area contributed by atoms with Crippen molar-refractivity contribution in [3.63, 3.8) is 0 Å². The maximum Gasteiger partial charge on any atom is 0.341 e. The molecule has 0 saturated heterocycles. The largest absolute Gasteiger partial charge is 0.478 e. The van der Waals surface area contributed by atoms with Crippen molar-refractivity contribution in [2.24, 2.45) is 5.10 Å². The number of carbonyl (C=O) groups is 2. The molecule has 0 spiro atoms. The molecule has 0 aromatic heterocycles. The number of carboxylic acid groups (broad SMARTS) is 1. The Morgan fingerprint density at radius 1 is 1.38 bits per heavy atom. The van der Waals surface area contributed by atoms with Gasteiger partial charge >= 0.3 is 12.4 Å². The van der Waals surface area contributed by atoms with Gasteiger partial charge in [-0.1, -0.05) is 29.8 Å². The van der Waals surface area contributed by atoms with Crippen molar-refractivity contribution in [2.75, 3.05) is 7.05 Å². The van der Waals surface area contributed by atoms with E-state index in [0.29, 0.717) is 16.8 Å². The van der Waals surface area contributed by atoms with Crippen LogP contribution in [0, 0.1) is 0 Å². The van der Waals surface area contributed by atoms with E-state index < -0.39 is 23.8 Å². The highest BCUT2D eigenvalue weighted by atomic mass is 35.5. The van der Waals surface area contributed by atoms with Crippen LogP contribution in [0.2, 0.25) is 5.02 Å². The zero-order valence-corrected chi connectivity index (χ0v) is 11.6. The number of hydrazone groups is 1. The molecule has 1 aromatic rings. The van der Waals surface area contributed by atoms with E-state index in [-0.39, 0.29) is 0 Å². The van der Waals surface area contributed by atoms with E-state index in [1.54, 1.807) is 24.3 Å². The number of alkyl halides is 2. The Morgan fingerprint density at radius 3 is 2.52 bits per heavy atom. The molecule has 0 atom stereocenters. The Balaban J connectivity index is 2.94. The highest BCUT2D eigenvalue weighted by Crippen LogP contribution is 2.13. The second kappa shape index (κ2) is 7.49. The van der Waals surface area contributed by atoms with Gasteiger partial charge in [-0.2, -0.15) is 5.10 Å². The number of Topliss-reactive ketones (excluding diaryl/α,β-unsaturated/α-hetero) is 1. The number of carboxylic acids is 1. The number of halogens is 3. The van der Waals surface area contributed by atoms with Crippen LogP contribution in [0.1, 0.15) is 5.56 Å². The number of hydrogen-bond donors (Lipinski definition) is 1. The van der Waals surface area contributed by atoms with Crippen molar-refractivity contribution in [2.45, 2.75) is 6.43 Å². The van der Waals surface area contributed by atoms with Crippen molar-refractivity contribution < 1.29 is 23.5 Å². The normalized spacial score (nSPS) is 12.0. The molecule has 1 N–H and O–H groups in total. The summed E-state index contributed by atoms with van der Waals surface area (Å²) in [5, 5.41) is 13.9. The molecule has 0 aliphatic rings. The summed E-state index contributed by atoms with van der Waals surface area (Å²) in [5.41, 5.74) is -0.500. The summed E-state index contributed by atoms with van der Waals surface area (Å²) >= 11 is 5.88. The van der Waals surface area contributed by atoms with Gasteiger partial charge in [0.1, 0.15) is 5.57 Å². The summed E-state index contributed by atoms with van der Waals surface area (Å²) < 4.78 is 24.5. The quantitative estimate of drug-likeness (QED) is 0.288. The van der Waals surface area contributed by atoms with Gasteiger partial charge in [0.15, 0.2) is 0 Å². The molecule has 0 radical (unpaired) electrons. The zero-order valence-electron chi connectivity index (χ0n) is 10.8. The fourth-order valence-corrected chi connectivity index (χ4v) is 1.48. The number of hydrogen-bond acceptors (Lipinski definition) is 4. The summed E-state index contributed by atoms with van der Waals surface area (Å²) in [4.78, 5) is 21.8. The van der Waals surface area contributed by atoms with E-state index in [4.69, 9.17) is 16.7 Å². The fraction of sp³-hybridized carbons (Fsp3) is 0.154. The molecule has 1 rings (SSSR count). The number of aliphatic carboxylic acids is 1. The van der Waals surface area contributed by atoms with E-state index in [1.165, 1.54) is 13.3 Å². The van der Waals surface area contributed by atoms with Crippen LogP contribution in [0.25, 0.3) is 0 Å². The van der Waals surface area contributed by atoms with Crippen LogP contribution in [0.15, 0.2) is 41.1 Å². The average molecular weight is 317 g/mol. The molecule has 0 heterocycles. The third-order valence-corrected chi connectivity index (χ3v) is 2.64.